The van der Waals surface area contributed by atoms with Gasteiger partial charge in [-0.15, -0.1) is 0 Å². The third kappa shape index (κ3) is 4.29. The first kappa shape index (κ1) is 16.1. The van der Waals surface area contributed by atoms with Crippen LogP contribution in [0.2, 0.25) is 0 Å². The first-order valence-corrected chi connectivity index (χ1v) is 7.84. The molecule has 0 aliphatic rings. The van der Waals surface area contributed by atoms with E-state index < -0.39 is 10.0 Å². The van der Waals surface area contributed by atoms with E-state index in [-0.39, 0.29) is 23.6 Å². The van der Waals surface area contributed by atoms with Crippen molar-refractivity contribution >= 4 is 10.0 Å². The van der Waals surface area contributed by atoms with E-state index in [1.165, 1.54) is 6.20 Å². The molecule has 0 bridgehead atoms. The quantitative estimate of drug-likeness (QED) is 0.781. The van der Waals surface area contributed by atoms with Crippen LogP contribution in [0.15, 0.2) is 11.2 Å². The van der Waals surface area contributed by atoms with Crippen molar-refractivity contribution < 1.29 is 13.5 Å². The summed E-state index contributed by atoms with van der Waals surface area (Å²) in [6.07, 6.45) is 2.08. The van der Waals surface area contributed by atoms with Crippen molar-refractivity contribution in [3.8, 4) is 0 Å². The molecule has 1 rings (SSSR count). The molecule has 1 heterocycles. The monoisotopic (exact) mass is 289 g/mol. The summed E-state index contributed by atoms with van der Waals surface area (Å²) in [5.41, 5.74) is -0.288. The fourth-order valence-corrected chi connectivity index (χ4v) is 2.93. The molecule has 0 saturated carbocycles. The van der Waals surface area contributed by atoms with Gasteiger partial charge in [0.15, 0.2) is 5.03 Å². The van der Waals surface area contributed by atoms with Gasteiger partial charge in [0.2, 0.25) is 0 Å². The highest BCUT2D eigenvalue weighted by Crippen LogP contribution is 2.19. The van der Waals surface area contributed by atoms with E-state index >= 15 is 0 Å². The summed E-state index contributed by atoms with van der Waals surface area (Å²) in [7, 11) is -3.59. The zero-order valence-electron chi connectivity index (χ0n) is 12.0. The Bertz CT molecular complexity index is 520. The number of imidazole rings is 1. The van der Waals surface area contributed by atoms with Crippen LogP contribution in [0.3, 0.4) is 0 Å². The van der Waals surface area contributed by atoms with Crippen molar-refractivity contribution in [2.75, 3.05) is 13.2 Å². The van der Waals surface area contributed by atoms with Gasteiger partial charge in [0.25, 0.3) is 10.0 Å². The van der Waals surface area contributed by atoms with Crippen LogP contribution in [0, 0.1) is 12.3 Å². The predicted molar refractivity (Wildman–Crippen MR) is 73.3 cm³/mol. The Morgan fingerprint density at radius 1 is 1.47 bits per heavy atom. The summed E-state index contributed by atoms with van der Waals surface area (Å²) >= 11 is 0. The number of nitrogens with one attached hydrogen (secondary N) is 1. The number of aromatic nitrogens is 2. The lowest BCUT2D eigenvalue weighted by molar-refractivity contribution is 0.213. The maximum atomic E-state index is 12.1. The van der Waals surface area contributed by atoms with Crippen LogP contribution in [0.5, 0.6) is 0 Å². The number of hydrogen-bond acceptors (Lipinski definition) is 4. The first-order valence-electron chi connectivity index (χ1n) is 6.36. The van der Waals surface area contributed by atoms with Crippen molar-refractivity contribution in [1.29, 1.82) is 0 Å². The predicted octanol–water partition coefficient (Wildman–Crippen LogP) is 0.898. The number of sulfonamides is 1. The Balaban J connectivity index is 2.81. The maximum Gasteiger partial charge on any atom is 0.259 e. The van der Waals surface area contributed by atoms with Crippen molar-refractivity contribution in [3.63, 3.8) is 0 Å². The van der Waals surface area contributed by atoms with Gasteiger partial charge < -0.3 is 9.67 Å². The zero-order chi connectivity index (χ0) is 14.7. The van der Waals surface area contributed by atoms with Crippen molar-refractivity contribution in [2.24, 2.45) is 5.41 Å². The molecule has 0 spiro atoms. The molecule has 0 aromatic carbocycles. The molecular weight excluding hydrogens is 266 g/mol. The summed E-state index contributed by atoms with van der Waals surface area (Å²) in [5, 5.41) is 8.97. The van der Waals surface area contributed by atoms with Crippen LogP contribution in [0.1, 0.15) is 33.0 Å². The molecule has 110 valence electrons. The van der Waals surface area contributed by atoms with Crippen LogP contribution in [-0.4, -0.2) is 36.2 Å². The fourth-order valence-electron chi connectivity index (χ4n) is 1.68. The Morgan fingerprint density at radius 2 is 2.11 bits per heavy atom. The van der Waals surface area contributed by atoms with E-state index in [1.54, 1.807) is 11.5 Å². The highest BCUT2D eigenvalue weighted by atomic mass is 32.2. The van der Waals surface area contributed by atoms with Gasteiger partial charge in [0, 0.05) is 25.9 Å². The minimum absolute atomic E-state index is 0.0400. The third-order valence-corrected chi connectivity index (χ3v) is 4.37. The number of aliphatic hydroxyl groups is 1. The van der Waals surface area contributed by atoms with Gasteiger partial charge in [-0.3, -0.25) is 0 Å². The van der Waals surface area contributed by atoms with Gasteiger partial charge in [-0.1, -0.05) is 13.8 Å². The molecule has 0 aliphatic heterocycles. The molecule has 0 radical (unpaired) electrons. The second-order valence-corrected chi connectivity index (χ2v) is 7.09. The van der Waals surface area contributed by atoms with Gasteiger partial charge in [-0.25, -0.2) is 18.1 Å². The lowest BCUT2D eigenvalue weighted by Gasteiger charge is -2.23. The molecular formula is C12H23N3O3S. The van der Waals surface area contributed by atoms with Crippen LogP contribution in [0.4, 0.5) is 0 Å². The minimum atomic E-state index is -3.59. The SMILES string of the molecule is CCn1cc(S(=O)(=O)NCC(C)(C)CCO)nc1C. The van der Waals surface area contributed by atoms with E-state index in [0.717, 1.165) is 0 Å². The smallest absolute Gasteiger partial charge is 0.259 e. The molecule has 0 atom stereocenters. The lowest BCUT2D eigenvalue weighted by atomic mass is 9.90. The number of rotatable bonds is 7. The average Bonchev–Trinajstić information content (AvgIpc) is 2.69. The Labute approximate surface area is 114 Å². The molecule has 0 unspecified atom stereocenters. The molecule has 0 saturated heterocycles. The van der Waals surface area contributed by atoms with E-state index in [9.17, 15) is 8.42 Å². The van der Waals surface area contributed by atoms with E-state index in [1.807, 2.05) is 20.8 Å². The lowest BCUT2D eigenvalue weighted by Crippen LogP contribution is -2.34. The fraction of sp³-hybridized carbons (Fsp3) is 0.750. The number of nitrogens with zero attached hydrogens (tertiary/aromatic N) is 2. The second-order valence-electron chi connectivity index (χ2n) is 5.37. The van der Waals surface area contributed by atoms with Crippen molar-refractivity contribution in [2.45, 2.75) is 45.7 Å². The minimum Gasteiger partial charge on any atom is -0.396 e. The highest BCUT2D eigenvalue weighted by Gasteiger charge is 2.24. The molecule has 1 aromatic heterocycles. The van der Waals surface area contributed by atoms with Crippen LogP contribution >= 0.6 is 0 Å². The largest absolute Gasteiger partial charge is 0.396 e. The van der Waals surface area contributed by atoms with Gasteiger partial charge in [-0.05, 0) is 25.7 Å². The normalized spacial score (nSPS) is 12.9. The van der Waals surface area contributed by atoms with E-state index in [2.05, 4.69) is 9.71 Å². The number of hydrogen-bond donors (Lipinski definition) is 2. The highest BCUT2D eigenvalue weighted by molar-refractivity contribution is 7.89. The Kier molecular flexibility index (Phi) is 5.11. The summed E-state index contributed by atoms with van der Waals surface area (Å²) in [4.78, 5) is 4.06. The summed E-state index contributed by atoms with van der Waals surface area (Å²) in [5.74, 6) is 0.678. The Hall–Kier alpha value is -0.920. The summed E-state index contributed by atoms with van der Waals surface area (Å²) in [6.45, 7) is 8.51. The average molecular weight is 289 g/mol. The van der Waals surface area contributed by atoms with Gasteiger partial charge >= 0.3 is 0 Å². The maximum absolute atomic E-state index is 12.1. The molecule has 2 N–H and O–H groups in total. The zero-order valence-corrected chi connectivity index (χ0v) is 12.8. The molecule has 6 nitrogen and oxygen atoms in total. The van der Waals surface area contributed by atoms with E-state index in [0.29, 0.717) is 18.8 Å². The van der Waals surface area contributed by atoms with Crippen molar-refractivity contribution in [3.05, 3.63) is 12.0 Å². The van der Waals surface area contributed by atoms with Crippen molar-refractivity contribution in [1.82, 2.24) is 14.3 Å². The van der Waals surface area contributed by atoms with Crippen LogP contribution < -0.4 is 4.72 Å². The third-order valence-electron chi connectivity index (χ3n) is 3.10. The molecule has 1 aromatic rings. The summed E-state index contributed by atoms with van der Waals surface area (Å²) < 4.78 is 28.6. The first-order chi connectivity index (χ1) is 8.72. The second kappa shape index (κ2) is 6.02. The Morgan fingerprint density at radius 3 is 2.58 bits per heavy atom. The molecule has 19 heavy (non-hydrogen) atoms. The van der Waals surface area contributed by atoms with E-state index in [4.69, 9.17) is 5.11 Å². The molecule has 0 aliphatic carbocycles. The van der Waals surface area contributed by atoms with Gasteiger partial charge in [0.05, 0.1) is 0 Å². The van der Waals surface area contributed by atoms with Gasteiger partial charge in [-0.2, -0.15) is 0 Å². The number of aryl methyl sites for hydroxylation is 2. The van der Waals surface area contributed by atoms with Crippen LogP contribution in [-0.2, 0) is 16.6 Å². The summed E-state index contributed by atoms with van der Waals surface area (Å²) in [6, 6.07) is 0. The molecule has 7 heteroatoms. The molecule has 0 fully saturated rings. The standard InChI is InChI=1S/C12H23N3O3S/c1-5-15-8-11(14-10(15)2)19(17,18)13-9-12(3,4)6-7-16/h8,13,16H,5-7,9H2,1-4H3. The van der Waals surface area contributed by atoms with Gasteiger partial charge in [0.1, 0.15) is 5.82 Å². The topological polar surface area (TPSA) is 84.2 Å². The number of aliphatic hydroxyl groups excluding tert-OH is 1. The van der Waals surface area contributed by atoms with Crippen LogP contribution in [0.25, 0.3) is 0 Å². The molecule has 0 amide bonds.